The van der Waals surface area contributed by atoms with Crippen LogP contribution in [0, 0.1) is 0 Å². The van der Waals surface area contributed by atoms with E-state index in [9.17, 15) is 0 Å². The van der Waals surface area contributed by atoms with Crippen LogP contribution in [0.5, 0.6) is 5.75 Å². The Labute approximate surface area is 131 Å². The van der Waals surface area contributed by atoms with Crippen molar-refractivity contribution in [2.45, 2.75) is 13.5 Å². The van der Waals surface area contributed by atoms with Crippen LogP contribution in [0.1, 0.15) is 12.5 Å². The highest BCUT2D eigenvalue weighted by Crippen LogP contribution is 2.07. The molecule has 0 bridgehead atoms. The van der Waals surface area contributed by atoms with E-state index < -0.39 is 0 Å². The molecule has 0 saturated carbocycles. The number of nitrogens with zero attached hydrogens (tertiary/aromatic N) is 3. The Morgan fingerprint density at radius 1 is 1.27 bits per heavy atom. The number of aromatic nitrogens is 2. The number of aryl methyl sites for hydroxylation is 1. The number of hydrogen-bond donors (Lipinski definition) is 2. The normalized spacial score (nSPS) is 11.3. The summed E-state index contributed by atoms with van der Waals surface area (Å²) < 4.78 is 7.42. The topological polar surface area (TPSA) is 63.5 Å². The van der Waals surface area contributed by atoms with E-state index in [-0.39, 0.29) is 0 Å². The van der Waals surface area contributed by atoms with Gasteiger partial charge in [-0.05, 0) is 19.1 Å². The van der Waals surface area contributed by atoms with Crippen molar-refractivity contribution in [2.24, 2.45) is 12.0 Å². The molecule has 0 amide bonds. The Morgan fingerprint density at radius 3 is 2.77 bits per heavy atom. The summed E-state index contributed by atoms with van der Waals surface area (Å²) in [7, 11) is 1.90. The summed E-state index contributed by atoms with van der Waals surface area (Å²) in [6.07, 6.45) is 3.79. The third-order valence-corrected chi connectivity index (χ3v) is 2.93. The SMILES string of the molecule is CCNC(=NCc1cnn(C)c1)NCCOc1ccccc1. The molecule has 1 aromatic carbocycles. The van der Waals surface area contributed by atoms with Crippen molar-refractivity contribution in [3.05, 3.63) is 48.3 Å². The molecular weight excluding hydrogens is 278 g/mol. The van der Waals surface area contributed by atoms with Crippen molar-refractivity contribution < 1.29 is 4.74 Å². The van der Waals surface area contributed by atoms with Crippen LogP contribution in [0.2, 0.25) is 0 Å². The molecule has 2 N–H and O–H groups in total. The fraction of sp³-hybridized carbons (Fsp3) is 0.375. The van der Waals surface area contributed by atoms with Gasteiger partial charge in [-0.15, -0.1) is 0 Å². The van der Waals surface area contributed by atoms with Gasteiger partial charge in [0.15, 0.2) is 5.96 Å². The first kappa shape index (κ1) is 15.9. The zero-order chi connectivity index (χ0) is 15.6. The lowest BCUT2D eigenvalue weighted by Gasteiger charge is -2.11. The fourth-order valence-corrected chi connectivity index (χ4v) is 1.92. The highest BCUT2D eigenvalue weighted by atomic mass is 16.5. The number of ether oxygens (including phenoxy) is 1. The Morgan fingerprint density at radius 2 is 2.09 bits per heavy atom. The maximum atomic E-state index is 5.64. The Bertz CT molecular complexity index is 579. The zero-order valence-electron chi connectivity index (χ0n) is 13.1. The summed E-state index contributed by atoms with van der Waals surface area (Å²) in [5.74, 6) is 1.66. The highest BCUT2D eigenvalue weighted by Gasteiger charge is 1.99. The Hall–Kier alpha value is -2.50. The summed E-state index contributed by atoms with van der Waals surface area (Å²) in [4.78, 5) is 4.53. The maximum absolute atomic E-state index is 5.64. The molecule has 118 valence electrons. The maximum Gasteiger partial charge on any atom is 0.191 e. The van der Waals surface area contributed by atoms with Crippen molar-refractivity contribution in [1.29, 1.82) is 0 Å². The van der Waals surface area contributed by atoms with Gasteiger partial charge in [0.2, 0.25) is 0 Å². The summed E-state index contributed by atoms with van der Waals surface area (Å²) >= 11 is 0. The van der Waals surface area contributed by atoms with E-state index in [0.29, 0.717) is 19.7 Å². The predicted octanol–water partition coefficient (Wildman–Crippen LogP) is 1.55. The number of para-hydroxylation sites is 1. The molecule has 0 aliphatic heterocycles. The van der Waals surface area contributed by atoms with Crippen molar-refractivity contribution in [3.8, 4) is 5.75 Å². The minimum Gasteiger partial charge on any atom is -0.492 e. The van der Waals surface area contributed by atoms with Crippen molar-refractivity contribution in [3.63, 3.8) is 0 Å². The molecule has 2 aromatic rings. The number of nitrogens with one attached hydrogen (secondary N) is 2. The van der Waals surface area contributed by atoms with Crippen LogP contribution in [-0.2, 0) is 13.6 Å². The summed E-state index contributed by atoms with van der Waals surface area (Å²) in [6.45, 7) is 4.73. The first-order chi connectivity index (χ1) is 10.8. The molecule has 0 radical (unpaired) electrons. The van der Waals surface area contributed by atoms with Crippen LogP contribution >= 0.6 is 0 Å². The highest BCUT2D eigenvalue weighted by molar-refractivity contribution is 5.79. The number of aliphatic imine (C=N–C) groups is 1. The monoisotopic (exact) mass is 301 g/mol. The van der Waals surface area contributed by atoms with Gasteiger partial charge < -0.3 is 15.4 Å². The van der Waals surface area contributed by atoms with Crippen LogP contribution in [0.4, 0.5) is 0 Å². The number of guanidine groups is 1. The van der Waals surface area contributed by atoms with Gasteiger partial charge in [-0.1, -0.05) is 18.2 Å². The first-order valence-electron chi connectivity index (χ1n) is 7.45. The third kappa shape index (κ3) is 5.47. The lowest BCUT2D eigenvalue weighted by Crippen LogP contribution is -2.39. The van der Waals surface area contributed by atoms with Gasteiger partial charge >= 0.3 is 0 Å². The Kier molecular flexibility index (Phi) is 6.29. The van der Waals surface area contributed by atoms with E-state index >= 15 is 0 Å². The largest absolute Gasteiger partial charge is 0.492 e. The van der Waals surface area contributed by atoms with Gasteiger partial charge in [-0.2, -0.15) is 5.10 Å². The minimum absolute atomic E-state index is 0.585. The summed E-state index contributed by atoms with van der Waals surface area (Å²) in [5, 5.41) is 10.6. The predicted molar refractivity (Wildman–Crippen MR) is 88.0 cm³/mol. The summed E-state index contributed by atoms with van der Waals surface area (Å²) in [5.41, 5.74) is 1.08. The molecule has 6 nitrogen and oxygen atoms in total. The van der Waals surface area contributed by atoms with E-state index in [1.807, 2.05) is 56.7 Å². The van der Waals surface area contributed by atoms with Crippen LogP contribution in [0.15, 0.2) is 47.7 Å². The van der Waals surface area contributed by atoms with Crippen LogP contribution in [-0.4, -0.2) is 35.4 Å². The molecule has 2 rings (SSSR count). The van der Waals surface area contributed by atoms with Crippen LogP contribution < -0.4 is 15.4 Å². The van der Waals surface area contributed by atoms with Gasteiger partial charge in [0, 0.05) is 25.4 Å². The minimum atomic E-state index is 0.585. The van der Waals surface area contributed by atoms with E-state index in [0.717, 1.165) is 23.8 Å². The lowest BCUT2D eigenvalue weighted by atomic mass is 10.3. The molecule has 1 aromatic heterocycles. The van der Waals surface area contributed by atoms with E-state index in [2.05, 4.69) is 20.7 Å². The molecule has 0 unspecified atom stereocenters. The van der Waals surface area contributed by atoms with Crippen LogP contribution in [0.25, 0.3) is 0 Å². The molecule has 22 heavy (non-hydrogen) atoms. The van der Waals surface area contributed by atoms with Gasteiger partial charge in [-0.25, -0.2) is 4.99 Å². The standard InChI is InChI=1S/C16H23N5O/c1-3-17-16(19-11-14-12-20-21(2)13-14)18-9-10-22-15-7-5-4-6-8-15/h4-8,12-13H,3,9-11H2,1-2H3,(H2,17,18,19). The molecule has 0 spiro atoms. The number of benzene rings is 1. The van der Waals surface area contributed by atoms with Gasteiger partial charge in [0.25, 0.3) is 0 Å². The molecule has 6 heteroatoms. The lowest BCUT2D eigenvalue weighted by molar-refractivity contribution is 0.322. The van der Waals surface area contributed by atoms with Crippen molar-refractivity contribution in [2.75, 3.05) is 19.7 Å². The average molecular weight is 301 g/mol. The number of hydrogen-bond acceptors (Lipinski definition) is 3. The van der Waals surface area contributed by atoms with E-state index in [4.69, 9.17) is 4.74 Å². The molecule has 0 fully saturated rings. The molecule has 0 aliphatic carbocycles. The summed E-state index contributed by atoms with van der Waals surface area (Å²) in [6, 6.07) is 9.78. The second-order valence-electron chi connectivity index (χ2n) is 4.81. The van der Waals surface area contributed by atoms with Gasteiger partial charge in [0.1, 0.15) is 12.4 Å². The zero-order valence-corrected chi connectivity index (χ0v) is 13.1. The Balaban J connectivity index is 1.76. The van der Waals surface area contributed by atoms with E-state index in [1.165, 1.54) is 0 Å². The second-order valence-corrected chi connectivity index (χ2v) is 4.81. The smallest absolute Gasteiger partial charge is 0.191 e. The fourth-order valence-electron chi connectivity index (χ4n) is 1.92. The quantitative estimate of drug-likeness (QED) is 0.463. The molecular formula is C16H23N5O. The molecule has 0 aliphatic rings. The van der Waals surface area contributed by atoms with Crippen molar-refractivity contribution in [1.82, 2.24) is 20.4 Å². The second kappa shape index (κ2) is 8.71. The van der Waals surface area contributed by atoms with E-state index in [1.54, 1.807) is 4.68 Å². The van der Waals surface area contributed by atoms with Crippen LogP contribution in [0.3, 0.4) is 0 Å². The third-order valence-electron chi connectivity index (χ3n) is 2.93. The molecule has 0 saturated heterocycles. The average Bonchev–Trinajstić information content (AvgIpc) is 2.95. The molecule has 0 atom stereocenters. The number of rotatable bonds is 7. The first-order valence-corrected chi connectivity index (χ1v) is 7.45. The van der Waals surface area contributed by atoms with Crippen molar-refractivity contribution >= 4 is 5.96 Å². The molecule has 1 heterocycles. The van der Waals surface area contributed by atoms with Gasteiger partial charge in [0.05, 0.1) is 19.3 Å². The van der Waals surface area contributed by atoms with Gasteiger partial charge in [-0.3, -0.25) is 4.68 Å².